The van der Waals surface area contributed by atoms with Crippen LogP contribution in [0.15, 0.2) is 29.2 Å². The van der Waals surface area contributed by atoms with Crippen LogP contribution in [-0.2, 0) is 9.53 Å². The standard InChI is InChI=1S/C18H28N4O3S.ClH/c1-25-13-9-20-17(23)14-26-16-5-3-2-4-15(16)18(24)21-8-12-22-10-6-19-7-11-22;/h2-5,19H,6-14H2,1H3,(H,20,23)(H,21,24);1H. The van der Waals surface area contributed by atoms with Crippen LogP contribution in [0, 0.1) is 0 Å². The van der Waals surface area contributed by atoms with Gasteiger partial charge in [-0.15, -0.1) is 24.2 Å². The van der Waals surface area contributed by atoms with Crippen LogP contribution < -0.4 is 16.0 Å². The van der Waals surface area contributed by atoms with E-state index in [0.717, 1.165) is 37.6 Å². The number of hydrogen-bond donors (Lipinski definition) is 3. The van der Waals surface area contributed by atoms with Crippen molar-refractivity contribution in [3.05, 3.63) is 29.8 Å². The van der Waals surface area contributed by atoms with Crippen LogP contribution in [0.4, 0.5) is 0 Å². The summed E-state index contributed by atoms with van der Waals surface area (Å²) in [6, 6.07) is 7.39. The highest BCUT2D eigenvalue weighted by Crippen LogP contribution is 2.22. The van der Waals surface area contributed by atoms with Crippen molar-refractivity contribution in [1.82, 2.24) is 20.9 Å². The maximum absolute atomic E-state index is 12.5. The molecule has 1 fully saturated rings. The molecule has 1 aromatic rings. The molecule has 1 heterocycles. The number of thioether (sulfide) groups is 1. The number of piperazine rings is 1. The first-order valence-corrected chi connectivity index (χ1v) is 9.88. The lowest BCUT2D eigenvalue weighted by atomic mass is 10.2. The third-order valence-corrected chi connectivity index (χ3v) is 5.12. The number of nitrogens with zero attached hydrogens (tertiary/aromatic N) is 1. The predicted molar refractivity (Wildman–Crippen MR) is 111 cm³/mol. The normalized spacial score (nSPS) is 14.3. The van der Waals surface area contributed by atoms with E-state index in [2.05, 4.69) is 20.9 Å². The summed E-state index contributed by atoms with van der Waals surface area (Å²) in [4.78, 5) is 27.5. The first-order valence-electron chi connectivity index (χ1n) is 8.89. The maximum Gasteiger partial charge on any atom is 0.252 e. The average Bonchev–Trinajstić information content (AvgIpc) is 2.67. The summed E-state index contributed by atoms with van der Waals surface area (Å²) in [5.41, 5.74) is 0.613. The van der Waals surface area contributed by atoms with Crippen LogP contribution in [0.1, 0.15) is 10.4 Å². The Kier molecular flexibility index (Phi) is 12.1. The van der Waals surface area contributed by atoms with Gasteiger partial charge in [-0.3, -0.25) is 14.5 Å². The van der Waals surface area contributed by atoms with Gasteiger partial charge in [0.1, 0.15) is 0 Å². The largest absolute Gasteiger partial charge is 0.383 e. The fraction of sp³-hybridized carbons (Fsp3) is 0.556. The Hall–Kier alpha value is -1.32. The lowest BCUT2D eigenvalue weighted by Gasteiger charge is -2.27. The number of hydrogen-bond acceptors (Lipinski definition) is 6. The highest BCUT2D eigenvalue weighted by molar-refractivity contribution is 8.00. The molecule has 9 heteroatoms. The summed E-state index contributed by atoms with van der Waals surface area (Å²) < 4.78 is 4.91. The van der Waals surface area contributed by atoms with Crippen molar-refractivity contribution in [1.29, 1.82) is 0 Å². The fourth-order valence-electron chi connectivity index (χ4n) is 2.62. The average molecular weight is 417 g/mol. The van der Waals surface area contributed by atoms with Crippen LogP contribution in [-0.4, -0.2) is 82.0 Å². The molecule has 0 atom stereocenters. The van der Waals surface area contributed by atoms with E-state index in [0.29, 0.717) is 25.3 Å². The van der Waals surface area contributed by atoms with Gasteiger partial charge in [0.25, 0.3) is 5.91 Å². The zero-order valence-corrected chi connectivity index (χ0v) is 17.3. The second-order valence-corrected chi connectivity index (χ2v) is 6.99. The summed E-state index contributed by atoms with van der Waals surface area (Å²) in [6.07, 6.45) is 0. The molecule has 0 bridgehead atoms. The zero-order chi connectivity index (χ0) is 18.6. The number of rotatable bonds is 10. The van der Waals surface area contributed by atoms with E-state index in [1.54, 1.807) is 13.2 Å². The molecule has 0 aromatic heterocycles. The van der Waals surface area contributed by atoms with Crippen molar-refractivity contribution in [2.24, 2.45) is 0 Å². The number of carbonyl (C=O) groups excluding carboxylic acids is 2. The molecule has 0 spiro atoms. The van der Waals surface area contributed by atoms with Crippen molar-refractivity contribution in [2.45, 2.75) is 4.90 Å². The number of carbonyl (C=O) groups is 2. The number of halogens is 1. The quantitative estimate of drug-likeness (QED) is 0.382. The number of amides is 2. The molecule has 3 N–H and O–H groups in total. The molecule has 1 saturated heterocycles. The fourth-order valence-corrected chi connectivity index (χ4v) is 3.50. The highest BCUT2D eigenvalue weighted by atomic mass is 35.5. The number of nitrogens with one attached hydrogen (secondary N) is 3. The van der Waals surface area contributed by atoms with Gasteiger partial charge in [0.2, 0.25) is 5.91 Å². The minimum absolute atomic E-state index is 0. The van der Waals surface area contributed by atoms with Crippen LogP contribution in [0.2, 0.25) is 0 Å². The van der Waals surface area contributed by atoms with Crippen molar-refractivity contribution in [3.8, 4) is 0 Å². The zero-order valence-electron chi connectivity index (χ0n) is 15.7. The minimum atomic E-state index is -0.0944. The molecule has 2 amide bonds. The molecule has 1 aromatic carbocycles. The molecular formula is C18H29ClN4O3S. The van der Waals surface area contributed by atoms with Gasteiger partial charge in [-0.05, 0) is 12.1 Å². The van der Waals surface area contributed by atoms with E-state index < -0.39 is 0 Å². The summed E-state index contributed by atoms with van der Waals surface area (Å²) in [7, 11) is 1.60. The van der Waals surface area contributed by atoms with Crippen LogP contribution in [0.5, 0.6) is 0 Å². The molecule has 0 unspecified atom stereocenters. The molecule has 152 valence electrons. The third-order valence-electron chi connectivity index (χ3n) is 4.04. The molecular weight excluding hydrogens is 388 g/mol. The van der Waals surface area contributed by atoms with Crippen LogP contribution >= 0.6 is 24.2 Å². The SMILES string of the molecule is COCCNC(=O)CSc1ccccc1C(=O)NCCN1CCNCC1.Cl. The van der Waals surface area contributed by atoms with Gasteiger partial charge in [-0.2, -0.15) is 0 Å². The van der Waals surface area contributed by atoms with Gasteiger partial charge in [0, 0.05) is 57.8 Å². The van der Waals surface area contributed by atoms with Gasteiger partial charge in [-0.1, -0.05) is 12.1 Å². The lowest BCUT2D eigenvalue weighted by molar-refractivity contribution is -0.118. The molecule has 2 rings (SSSR count). The van der Waals surface area contributed by atoms with Crippen LogP contribution in [0.25, 0.3) is 0 Å². The molecule has 27 heavy (non-hydrogen) atoms. The smallest absolute Gasteiger partial charge is 0.252 e. The highest BCUT2D eigenvalue weighted by Gasteiger charge is 2.14. The molecule has 1 aliphatic heterocycles. The van der Waals surface area contributed by atoms with E-state index in [1.807, 2.05) is 18.2 Å². The molecule has 7 nitrogen and oxygen atoms in total. The first kappa shape index (κ1) is 23.7. The summed E-state index contributed by atoms with van der Waals surface area (Å²) in [6.45, 7) is 6.48. The third kappa shape index (κ3) is 8.94. The minimum Gasteiger partial charge on any atom is -0.383 e. The van der Waals surface area contributed by atoms with Crippen molar-refractivity contribution in [3.63, 3.8) is 0 Å². The summed E-state index contributed by atoms with van der Waals surface area (Å²) >= 11 is 1.37. The Morgan fingerprint density at radius 2 is 1.93 bits per heavy atom. The van der Waals surface area contributed by atoms with E-state index in [1.165, 1.54) is 11.8 Å². The van der Waals surface area contributed by atoms with Crippen molar-refractivity contribution in [2.75, 3.05) is 65.3 Å². The Bertz CT molecular complexity index is 585. The van der Waals surface area contributed by atoms with Gasteiger partial charge in [0.05, 0.1) is 17.9 Å². The molecule has 0 radical (unpaired) electrons. The second-order valence-electron chi connectivity index (χ2n) is 5.98. The van der Waals surface area contributed by atoms with Crippen LogP contribution in [0.3, 0.4) is 0 Å². The van der Waals surface area contributed by atoms with Gasteiger partial charge < -0.3 is 20.7 Å². The maximum atomic E-state index is 12.5. The summed E-state index contributed by atoms with van der Waals surface area (Å²) in [5.74, 6) is 0.110. The van der Waals surface area contributed by atoms with Crippen molar-refractivity contribution >= 4 is 36.0 Å². The van der Waals surface area contributed by atoms with Crippen molar-refractivity contribution < 1.29 is 14.3 Å². The van der Waals surface area contributed by atoms with Gasteiger partial charge in [-0.25, -0.2) is 0 Å². The lowest BCUT2D eigenvalue weighted by Crippen LogP contribution is -2.46. The number of methoxy groups -OCH3 is 1. The molecule has 1 aliphatic rings. The van der Waals surface area contributed by atoms with Gasteiger partial charge in [0.15, 0.2) is 0 Å². The van der Waals surface area contributed by atoms with E-state index in [9.17, 15) is 9.59 Å². The number of benzene rings is 1. The Morgan fingerprint density at radius 1 is 1.19 bits per heavy atom. The second kappa shape index (κ2) is 13.8. The first-order chi connectivity index (χ1) is 12.7. The summed E-state index contributed by atoms with van der Waals surface area (Å²) in [5, 5.41) is 9.08. The topological polar surface area (TPSA) is 82.7 Å². The number of ether oxygens (including phenoxy) is 1. The monoisotopic (exact) mass is 416 g/mol. The molecule has 0 saturated carbocycles. The van der Waals surface area contributed by atoms with E-state index in [-0.39, 0.29) is 30.0 Å². The predicted octanol–water partition coefficient (Wildman–Crippen LogP) is 0.598. The van der Waals surface area contributed by atoms with E-state index in [4.69, 9.17) is 4.74 Å². The van der Waals surface area contributed by atoms with E-state index >= 15 is 0 Å². The Labute approximate surface area is 171 Å². The molecule has 0 aliphatic carbocycles. The Morgan fingerprint density at radius 3 is 2.67 bits per heavy atom. The Balaban J connectivity index is 0.00000364. The van der Waals surface area contributed by atoms with Gasteiger partial charge >= 0.3 is 0 Å².